The number of anilines is 1. The standard InChI is InChI=1S/C26H27F3N4O5/c1-13-6-15(4-5-20(13)24(34)35)21-9-17-12-30-25(32-22(17)11-23(21)38-3)31-14(2)16-7-18(26(27,28)29)10-19(8-16)33(36)37/h7-15,20H,4-6H2,1-3H3,(H,34,35)(H,30,31,32)/t13?,14-,15?,20?/m1/s1. The van der Waals surface area contributed by atoms with Crippen LogP contribution in [0, 0.1) is 22.0 Å². The van der Waals surface area contributed by atoms with Crippen molar-refractivity contribution >= 4 is 28.5 Å². The molecule has 0 bridgehead atoms. The Balaban J connectivity index is 1.60. The van der Waals surface area contributed by atoms with Crippen LogP contribution in [0.5, 0.6) is 5.75 Å². The van der Waals surface area contributed by atoms with Crippen molar-refractivity contribution in [1.82, 2.24) is 9.97 Å². The number of nitrogens with zero attached hydrogens (tertiary/aromatic N) is 3. The van der Waals surface area contributed by atoms with Gasteiger partial charge in [-0.15, -0.1) is 0 Å². The number of aliphatic carboxylic acids is 1. The van der Waals surface area contributed by atoms with E-state index in [1.165, 1.54) is 0 Å². The molecule has 1 aliphatic carbocycles. The van der Waals surface area contributed by atoms with Gasteiger partial charge in [0, 0.05) is 29.8 Å². The Bertz CT molecular complexity index is 1380. The molecule has 0 aliphatic heterocycles. The number of alkyl halides is 3. The van der Waals surface area contributed by atoms with E-state index in [9.17, 15) is 33.2 Å². The van der Waals surface area contributed by atoms with Gasteiger partial charge in [0.25, 0.3) is 5.69 Å². The number of nitro benzene ring substituents is 1. The molecule has 38 heavy (non-hydrogen) atoms. The number of nitro groups is 1. The third-order valence-electron chi connectivity index (χ3n) is 7.18. The van der Waals surface area contributed by atoms with Gasteiger partial charge < -0.3 is 15.2 Å². The minimum absolute atomic E-state index is 0.0163. The Morgan fingerprint density at radius 1 is 1.24 bits per heavy atom. The first-order chi connectivity index (χ1) is 17.9. The van der Waals surface area contributed by atoms with Crippen LogP contribution in [0.4, 0.5) is 24.8 Å². The first-order valence-corrected chi connectivity index (χ1v) is 12.1. The van der Waals surface area contributed by atoms with Gasteiger partial charge in [-0.3, -0.25) is 14.9 Å². The molecular weight excluding hydrogens is 505 g/mol. The monoisotopic (exact) mass is 532 g/mol. The summed E-state index contributed by atoms with van der Waals surface area (Å²) in [4.78, 5) is 30.6. The summed E-state index contributed by atoms with van der Waals surface area (Å²) >= 11 is 0. The van der Waals surface area contributed by atoms with Gasteiger partial charge in [-0.1, -0.05) is 6.92 Å². The number of hydrogen-bond acceptors (Lipinski definition) is 7. The highest BCUT2D eigenvalue weighted by Crippen LogP contribution is 2.43. The molecule has 2 aromatic carbocycles. The predicted molar refractivity (Wildman–Crippen MR) is 133 cm³/mol. The summed E-state index contributed by atoms with van der Waals surface area (Å²) < 4.78 is 45.5. The zero-order chi connectivity index (χ0) is 27.8. The van der Waals surface area contributed by atoms with Gasteiger partial charge in [-0.2, -0.15) is 13.2 Å². The van der Waals surface area contributed by atoms with Crippen LogP contribution in [0.15, 0.2) is 36.5 Å². The number of fused-ring (bicyclic) bond motifs is 1. The maximum atomic E-state index is 13.3. The molecule has 1 aliphatic rings. The Hall–Kier alpha value is -3.96. The number of aromatic nitrogens is 2. The highest BCUT2D eigenvalue weighted by Gasteiger charge is 2.35. The molecule has 202 valence electrons. The number of hydrogen-bond donors (Lipinski definition) is 2. The van der Waals surface area contributed by atoms with Crippen LogP contribution in [0.3, 0.4) is 0 Å². The first-order valence-electron chi connectivity index (χ1n) is 12.1. The number of non-ortho nitro benzene ring substituents is 1. The van der Waals surface area contributed by atoms with Gasteiger partial charge in [0.2, 0.25) is 5.95 Å². The summed E-state index contributed by atoms with van der Waals surface area (Å²) in [6, 6.07) is 5.37. The van der Waals surface area contributed by atoms with Gasteiger partial charge >= 0.3 is 12.1 Å². The van der Waals surface area contributed by atoms with Crippen molar-refractivity contribution in [3.63, 3.8) is 0 Å². The number of benzene rings is 2. The smallest absolute Gasteiger partial charge is 0.416 e. The number of carboxylic acid groups (broad SMARTS) is 1. The van der Waals surface area contributed by atoms with E-state index in [0.29, 0.717) is 36.6 Å². The van der Waals surface area contributed by atoms with E-state index in [1.54, 1.807) is 26.3 Å². The van der Waals surface area contributed by atoms with Gasteiger partial charge in [-0.25, -0.2) is 9.97 Å². The number of ether oxygens (including phenoxy) is 1. The van der Waals surface area contributed by atoms with Crippen LogP contribution >= 0.6 is 0 Å². The van der Waals surface area contributed by atoms with Crippen molar-refractivity contribution in [1.29, 1.82) is 0 Å². The molecule has 1 saturated carbocycles. The number of carbonyl (C=O) groups is 1. The number of methoxy groups -OCH3 is 1. The van der Waals surface area contributed by atoms with Crippen molar-refractivity contribution in [3.8, 4) is 5.75 Å². The van der Waals surface area contributed by atoms with Crippen molar-refractivity contribution in [2.24, 2.45) is 11.8 Å². The Labute approximate surface area is 216 Å². The van der Waals surface area contributed by atoms with Crippen LogP contribution in [0.25, 0.3) is 10.9 Å². The summed E-state index contributed by atoms with van der Waals surface area (Å²) in [5, 5.41) is 24.3. The number of rotatable bonds is 7. The molecule has 0 spiro atoms. The second-order valence-corrected chi connectivity index (χ2v) is 9.71. The minimum atomic E-state index is -4.74. The summed E-state index contributed by atoms with van der Waals surface area (Å²) in [5.74, 6) is -0.263. The summed E-state index contributed by atoms with van der Waals surface area (Å²) in [7, 11) is 1.54. The molecule has 3 unspecified atom stereocenters. The predicted octanol–water partition coefficient (Wildman–Crippen LogP) is 6.34. The van der Waals surface area contributed by atoms with Crippen LogP contribution in [-0.2, 0) is 11.0 Å². The van der Waals surface area contributed by atoms with E-state index >= 15 is 0 Å². The van der Waals surface area contributed by atoms with E-state index in [2.05, 4.69) is 15.3 Å². The average Bonchev–Trinajstić information content (AvgIpc) is 2.86. The largest absolute Gasteiger partial charge is 0.496 e. The van der Waals surface area contributed by atoms with E-state index in [1.807, 2.05) is 13.0 Å². The summed E-state index contributed by atoms with van der Waals surface area (Å²) in [6.07, 6.45) is -1.16. The highest BCUT2D eigenvalue weighted by molar-refractivity contribution is 5.82. The molecule has 4 atom stereocenters. The van der Waals surface area contributed by atoms with Crippen molar-refractivity contribution in [3.05, 3.63) is 63.3 Å². The molecule has 9 nitrogen and oxygen atoms in total. The maximum Gasteiger partial charge on any atom is 0.416 e. The van der Waals surface area contributed by atoms with Crippen LogP contribution in [0.1, 0.15) is 61.8 Å². The SMILES string of the molecule is COc1cc2nc(N[C@H](C)c3cc([N+](=O)[O-])cc(C(F)(F)F)c3)ncc2cc1C1CCC(C(=O)O)C(C)C1. The third kappa shape index (κ3) is 5.63. The topological polar surface area (TPSA) is 127 Å². The minimum Gasteiger partial charge on any atom is -0.496 e. The van der Waals surface area contributed by atoms with Gasteiger partial charge in [0.15, 0.2) is 0 Å². The highest BCUT2D eigenvalue weighted by atomic mass is 19.4. The Morgan fingerprint density at radius 3 is 2.58 bits per heavy atom. The molecule has 0 amide bonds. The zero-order valence-corrected chi connectivity index (χ0v) is 21.0. The van der Waals surface area contributed by atoms with E-state index in [-0.39, 0.29) is 29.3 Å². The normalized spacial score (nSPS) is 20.6. The fourth-order valence-corrected chi connectivity index (χ4v) is 5.12. The third-order valence-corrected chi connectivity index (χ3v) is 7.18. The lowest BCUT2D eigenvalue weighted by Gasteiger charge is -2.32. The lowest BCUT2D eigenvalue weighted by molar-refractivity contribution is -0.385. The number of halogens is 3. The van der Waals surface area contributed by atoms with Crippen molar-refractivity contribution in [2.75, 3.05) is 12.4 Å². The molecule has 1 heterocycles. The second-order valence-electron chi connectivity index (χ2n) is 9.71. The molecular formula is C26H27F3N4O5. The van der Waals surface area contributed by atoms with Crippen molar-refractivity contribution < 1.29 is 32.7 Å². The van der Waals surface area contributed by atoms with Gasteiger partial charge in [0.1, 0.15) is 5.75 Å². The van der Waals surface area contributed by atoms with E-state index in [4.69, 9.17) is 4.74 Å². The van der Waals surface area contributed by atoms with E-state index in [0.717, 1.165) is 23.1 Å². The lowest BCUT2D eigenvalue weighted by atomic mass is 9.72. The molecule has 1 aromatic heterocycles. The molecule has 1 fully saturated rings. The van der Waals surface area contributed by atoms with Crippen molar-refractivity contribution in [2.45, 2.75) is 51.2 Å². The van der Waals surface area contributed by atoms with E-state index < -0.39 is 34.4 Å². The number of nitrogens with one attached hydrogen (secondary N) is 1. The quantitative estimate of drug-likeness (QED) is 0.266. The molecule has 0 radical (unpaired) electrons. The molecule has 0 saturated heterocycles. The average molecular weight is 533 g/mol. The maximum absolute atomic E-state index is 13.3. The van der Waals surface area contributed by atoms with Crippen LogP contribution < -0.4 is 10.1 Å². The fourth-order valence-electron chi connectivity index (χ4n) is 5.12. The molecule has 4 rings (SSSR count). The first kappa shape index (κ1) is 27.1. The molecule has 2 N–H and O–H groups in total. The molecule has 3 aromatic rings. The van der Waals surface area contributed by atoms with Crippen LogP contribution in [-0.4, -0.2) is 33.1 Å². The summed E-state index contributed by atoms with van der Waals surface area (Å²) in [6.45, 7) is 3.50. The Kier molecular flexibility index (Phi) is 7.43. The lowest BCUT2D eigenvalue weighted by Crippen LogP contribution is -2.28. The second kappa shape index (κ2) is 10.4. The summed E-state index contributed by atoms with van der Waals surface area (Å²) in [5.41, 5.74) is -0.220. The Morgan fingerprint density at radius 2 is 1.97 bits per heavy atom. The fraction of sp³-hybridized carbons (Fsp3) is 0.423. The van der Waals surface area contributed by atoms with Crippen LogP contribution in [0.2, 0.25) is 0 Å². The molecule has 12 heteroatoms. The number of carboxylic acids is 1. The zero-order valence-electron chi connectivity index (χ0n) is 21.0. The van der Waals surface area contributed by atoms with Gasteiger partial charge in [-0.05, 0) is 61.3 Å². The van der Waals surface area contributed by atoms with Gasteiger partial charge in [0.05, 0.1) is 35.1 Å².